The van der Waals surface area contributed by atoms with Gasteiger partial charge in [0.25, 0.3) is 0 Å². The molecule has 0 aliphatic heterocycles. The van der Waals surface area contributed by atoms with Gasteiger partial charge in [0.15, 0.2) is 10.9 Å². The minimum Gasteiger partial charge on any atom is -0.294 e. The lowest BCUT2D eigenvalue weighted by Crippen LogP contribution is -2.19. The third-order valence-electron chi connectivity index (χ3n) is 2.71. The quantitative estimate of drug-likeness (QED) is 0.854. The molecule has 0 unspecified atom stereocenters. The fourth-order valence-electron chi connectivity index (χ4n) is 1.78. The first-order valence-electron chi connectivity index (χ1n) is 6.05. The number of rotatable bonds is 4. The summed E-state index contributed by atoms with van der Waals surface area (Å²) in [6, 6.07) is 5.48. The van der Waals surface area contributed by atoms with Crippen molar-refractivity contribution >= 4 is 33.5 Å². The van der Waals surface area contributed by atoms with E-state index < -0.39 is 0 Å². The van der Waals surface area contributed by atoms with Crippen LogP contribution in [0.1, 0.15) is 37.2 Å². The highest BCUT2D eigenvalue weighted by molar-refractivity contribution is 9.10. The average molecular weight is 356 g/mol. The van der Waals surface area contributed by atoms with Crippen LogP contribution in [0.2, 0.25) is 0 Å². The fraction of sp³-hybridized carbons (Fsp3) is 0.308. The van der Waals surface area contributed by atoms with Crippen LogP contribution in [0, 0.1) is 0 Å². The number of H-pyrrole nitrogens is 1. The van der Waals surface area contributed by atoms with E-state index in [4.69, 9.17) is 0 Å². The standard InChI is InChI=1S/C13H14BrN3O2S/c1-7(2)17-12(19)15-16-13(17)20-11-5-4-9(14)6-10(11)8(3)18/h4-7H,1-3H3,(H,15,19). The second-order valence-electron chi connectivity index (χ2n) is 4.57. The van der Waals surface area contributed by atoms with Crippen LogP contribution in [0.3, 0.4) is 0 Å². The maximum absolute atomic E-state index is 11.7. The van der Waals surface area contributed by atoms with Gasteiger partial charge in [-0.3, -0.25) is 9.36 Å². The molecule has 0 bridgehead atoms. The van der Waals surface area contributed by atoms with Crippen molar-refractivity contribution in [3.05, 3.63) is 38.7 Å². The molecule has 7 heteroatoms. The van der Waals surface area contributed by atoms with Crippen molar-refractivity contribution in [2.75, 3.05) is 0 Å². The number of nitrogens with one attached hydrogen (secondary N) is 1. The summed E-state index contributed by atoms with van der Waals surface area (Å²) in [5.41, 5.74) is 0.360. The Hall–Kier alpha value is -1.34. The van der Waals surface area contributed by atoms with Crippen LogP contribution in [-0.4, -0.2) is 20.5 Å². The molecule has 0 aliphatic carbocycles. The number of nitrogens with zero attached hydrogens (tertiary/aromatic N) is 2. The van der Waals surface area contributed by atoms with Gasteiger partial charge in [-0.1, -0.05) is 15.9 Å². The van der Waals surface area contributed by atoms with Gasteiger partial charge in [-0.15, -0.1) is 5.10 Å². The summed E-state index contributed by atoms with van der Waals surface area (Å²) in [6.07, 6.45) is 0. The SMILES string of the molecule is CC(=O)c1cc(Br)ccc1Sc1n[nH]c(=O)n1C(C)C. The number of Topliss-reactive ketones (excluding diaryl/α,β-unsaturated/α-hetero) is 1. The summed E-state index contributed by atoms with van der Waals surface area (Å²) in [5.74, 6) is -0.0252. The third kappa shape index (κ3) is 3.04. The first-order chi connectivity index (χ1) is 9.40. The summed E-state index contributed by atoms with van der Waals surface area (Å²) >= 11 is 4.66. The molecule has 5 nitrogen and oxygen atoms in total. The van der Waals surface area contributed by atoms with E-state index in [9.17, 15) is 9.59 Å². The van der Waals surface area contributed by atoms with Gasteiger partial charge in [0, 0.05) is 21.0 Å². The first-order valence-corrected chi connectivity index (χ1v) is 7.66. The number of carbonyl (C=O) groups excluding carboxylic acids is 1. The largest absolute Gasteiger partial charge is 0.344 e. The Morgan fingerprint density at radius 3 is 2.75 bits per heavy atom. The Morgan fingerprint density at radius 2 is 2.15 bits per heavy atom. The van der Waals surface area contributed by atoms with E-state index in [1.165, 1.54) is 18.7 Å². The summed E-state index contributed by atoms with van der Waals surface area (Å²) in [4.78, 5) is 24.2. The van der Waals surface area contributed by atoms with E-state index in [-0.39, 0.29) is 17.5 Å². The monoisotopic (exact) mass is 355 g/mol. The zero-order valence-corrected chi connectivity index (χ0v) is 13.7. The molecule has 0 fully saturated rings. The molecule has 2 aromatic rings. The minimum atomic E-state index is -0.246. The average Bonchev–Trinajstić information content (AvgIpc) is 2.72. The van der Waals surface area contributed by atoms with Gasteiger partial charge in [0.05, 0.1) is 0 Å². The van der Waals surface area contributed by atoms with Crippen LogP contribution in [-0.2, 0) is 0 Å². The van der Waals surface area contributed by atoms with Gasteiger partial charge in [0.1, 0.15) is 0 Å². The van der Waals surface area contributed by atoms with Crippen molar-refractivity contribution in [3.8, 4) is 0 Å². The Labute approximate surface area is 128 Å². The number of aromatic nitrogens is 3. The molecule has 0 saturated carbocycles. The number of benzene rings is 1. The van der Waals surface area contributed by atoms with Gasteiger partial charge in [0.2, 0.25) is 0 Å². The van der Waals surface area contributed by atoms with E-state index in [0.717, 1.165) is 9.37 Å². The lowest BCUT2D eigenvalue weighted by molar-refractivity contribution is 0.101. The normalized spacial score (nSPS) is 11.1. The molecule has 20 heavy (non-hydrogen) atoms. The molecule has 0 amide bonds. The molecular formula is C13H14BrN3O2S. The van der Waals surface area contributed by atoms with E-state index >= 15 is 0 Å². The minimum absolute atomic E-state index is 0.0000218. The maximum Gasteiger partial charge on any atom is 0.344 e. The Morgan fingerprint density at radius 1 is 1.45 bits per heavy atom. The van der Waals surface area contributed by atoms with Crippen molar-refractivity contribution in [1.29, 1.82) is 0 Å². The second kappa shape index (κ2) is 5.97. The Kier molecular flexibility index (Phi) is 4.49. The predicted octanol–water partition coefficient (Wildman–Crippen LogP) is 3.27. The molecule has 1 aromatic carbocycles. The molecule has 0 atom stereocenters. The maximum atomic E-state index is 11.7. The van der Waals surface area contributed by atoms with Gasteiger partial charge in [-0.25, -0.2) is 9.89 Å². The lowest BCUT2D eigenvalue weighted by atomic mass is 10.1. The topological polar surface area (TPSA) is 67.8 Å². The molecular weight excluding hydrogens is 342 g/mol. The molecule has 1 N–H and O–H groups in total. The summed E-state index contributed by atoms with van der Waals surface area (Å²) in [7, 11) is 0. The lowest BCUT2D eigenvalue weighted by Gasteiger charge is -2.10. The molecule has 0 radical (unpaired) electrons. The smallest absolute Gasteiger partial charge is 0.294 e. The summed E-state index contributed by atoms with van der Waals surface area (Å²) < 4.78 is 2.41. The second-order valence-corrected chi connectivity index (χ2v) is 6.50. The Balaban J connectivity index is 2.45. The number of carbonyl (C=O) groups is 1. The Bertz CT molecular complexity index is 706. The van der Waals surface area contributed by atoms with Crippen molar-refractivity contribution in [2.45, 2.75) is 36.9 Å². The van der Waals surface area contributed by atoms with E-state index in [2.05, 4.69) is 26.1 Å². The van der Waals surface area contributed by atoms with Crippen LogP contribution >= 0.6 is 27.7 Å². The number of aromatic amines is 1. The zero-order valence-electron chi connectivity index (χ0n) is 11.3. The third-order valence-corrected chi connectivity index (χ3v) is 4.25. The molecule has 106 valence electrons. The fourth-order valence-corrected chi connectivity index (χ4v) is 3.27. The summed E-state index contributed by atoms with van der Waals surface area (Å²) in [6.45, 7) is 5.34. The predicted molar refractivity (Wildman–Crippen MR) is 81.5 cm³/mol. The van der Waals surface area contributed by atoms with Gasteiger partial charge < -0.3 is 0 Å². The van der Waals surface area contributed by atoms with Crippen LogP contribution in [0.5, 0.6) is 0 Å². The number of hydrogen-bond donors (Lipinski definition) is 1. The van der Waals surface area contributed by atoms with Crippen LogP contribution in [0.15, 0.2) is 37.5 Å². The summed E-state index contributed by atoms with van der Waals surface area (Å²) in [5, 5.41) is 7.01. The highest BCUT2D eigenvalue weighted by Gasteiger charge is 2.16. The van der Waals surface area contributed by atoms with Crippen LogP contribution < -0.4 is 5.69 Å². The van der Waals surface area contributed by atoms with Crippen molar-refractivity contribution in [2.24, 2.45) is 0 Å². The first kappa shape index (κ1) is 15.1. The molecule has 0 saturated heterocycles. The van der Waals surface area contributed by atoms with Gasteiger partial charge >= 0.3 is 5.69 Å². The van der Waals surface area contributed by atoms with Gasteiger partial charge in [-0.2, -0.15) is 0 Å². The number of halogens is 1. The van der Waals surface area contributed by atoms with Crippen LogP contribution in [0.4, 0.5) is 0 Å². The zero-order chi connectivity index (χ0) is 14.9. The number of ketones is 1. The molecule has 0 spiro atoms. The van der Waals surface area contributed by atoms with Gasteiger partial charge in [-0.05, 0) is 50.7 Å². The number of hydrogen-bond acceptors (Lipinski definition) is 4. The molecule has 0 aliphatic rings. The molecule has 1 heterocycles. The van der Waals surface area contributed by atoms with Crippen LogP contribution in [0.25, 0.3) is 0 Å². The van der Waals surface area contributed by atoms with E-state index in [1.54, 1.807) is 10.6 Å². The highest BCUT2D eigenvalue weighted by Crippen LogP contribution is 2.31. The van der Waals surface area contributed by atoms with Crippen molar-refractivity contribution < 1.29 is 4.79 Å². The van der Waals surface area contributed by atoms with Crippen molar-refractivity contribution in [1.82, 2.24) is 14.8 Å². The van der Waals surface area contributed by atoms with E-state index in [1.807, 2.05) is 26.0 Å². The molecule has 2 rings (SSSR count). The van der Waals surface area contributed by atoms with Crippen molar-refractivity contribution in [3.63, 3.8) is 0 Å². The molecule has 1 aromatic heterocycles. The highest BCUT2D eigenvalue weighted by atomic mass is 79.9. The van der Waals surface area contributed by atoms with E-state index in [0.29, 0.717) is 10.7 Å².